The largest absolute Gasteiger partial charge is 0.464 e. The van der Waals surface area contributed by atoms with E-state index in [4.69, 9.17) is 4.74 Å². The number of nitrogens with one attached hydrogen (secondary N) is 1. The lowest BCUT2D eigenvalue weighted by Crippen LogP contribution is -2.37. The molecule has 100 valence electrons. The van der Waals surface area contributed by atoms with Gasteiger partial charge in [-0.1, -0.05) is 33.6 Å². The van der Waals surface area contributed by atoms with Gasteiger partial charge in [0.2, 0.25) is 10.0 Å². The van der Waals surface area contributed by atoms with Gasteiger partial charge in [-0.25, -0.2) is 13.2 Å². The summed E-state index contributed by atoms with van der Waals surface area (Å²) in [6.07, 6.45) is 0. The third-order valence-corrected chi connectivity index (χ3v) is 4.43. The van der Waals surface area contributed by atoms with Gasteiger partial charge in [0.15, 0.2) is 4.95 Å². The lowest BCUT2D eigenvalue weighted by molar-refractivity contribution is -0.142. The summed E-state index contributed by atoms with van der Waals surface area (Å²) in [5.41, 5.74) is 0.953. The number of carbonyl (C=O) groups excluding carboxylic acids is 1. The molecule has 1 aromatic rings. The maximum Gasteiger partial charge on any atom is 0.335 e. The summed E-state index contributed by atoms with van der Waals surface area (Å²) in [6, 6.07) is 6.31. The molecule has 5 nitrogen and oxygen atoms in total. The summed E-state index contributed by atoms with van der Waals surface area (Å²) in [6.45, 7) is 3.69. The van der Waals surface area contributed by atoms with Crippen molar-refractivity contribution in [3.8, 4) is 0 Å². The van der Waals surface area contributed by atoms with Crippen LogP contribution in [0.5, 0.6) is 0 Å². The maximum absolute atomic E-state index is 11.9. The third kappa shape index (κ3) is 4.08. The Morgan fingerprint density at radius 2 is 1.94 bits per heavy atom. The van der Waals surface area contributed by atoms with Crippen LogP contribution in [0, 0.1) is 6.92 Å². The zero-order valence-electron chi connectivity index (χ0n) is 10.0. The molecular formula is C11H14BrNO4S. The molecule has 1 aromatic carbocycles. The van der Waals surface area contributed by atoms with Gasteiger partial charge < -0.3 is 4.74 Å². The van der Waals surface area contributed by atoms with Gasteiger partial charge >= 0.3 is 5.97 Å². The highest BCUT2D eigenvalue weighted by atomic mass is 79.9. The number of sulfonamides is 1. The van der Waals surface area contributed by atoms with E-state index in [1.54, 1.807) is 19.1 Å². The van der Waals surface area contributed by atoms with E-state index >= 15 is 0 Å². The van der Waals surface area contributed by atoms with Crippen LogP contribution in [0.1, 0.15) is 12.5 Å². The lowest BCUT2D eigenvalue weighted by Gasteiger charge is -2.11. The Bertz CT molecular complexity index is 512. The fraction of sp³-hybridized carbons (Fsp3) is 0.364. The van der Waals surface area contributed by atoms with Crippen molar-refractivity contribution in [2.75, 3.05) is 6.61 Å². The molecule has 0 heterocycles. The third-order valence-electron chi connectivity index (χ3n) is 2.08. The van der Waals surface area contributed by atoms with Crippen molar-refractivity contribution in [3.05, 3.63) is 29.8 Å². The van der Waals surface area contributed by atoms with E-state index in [1.165, 1.54) is 12.1 Å². The van der Waals surface area contributed by atoms with E-state index < -0.39 is 20.9 Å². The lowest BCUT2D eigenvalue weighted by atomic mass is 10.2. The molecule has 0 bridgehead atoms. The number of hydrogen-bond acceptors (Lipinski definition) is 4. The van der Waals surface area contributed by atoms with E-state index in [1.807, 2.05) is 6.92 Å². The Kier molecular flexibility index (Phi) is 5.30. The van der Waals surface area contributed by atoms with Crippen LogP contribution in [0.4, 0.5) is 0 Å². The molecule has 1 rings (SSSR count). The van der Waals surface area contributed by atoms with E-state index in [0.717, 1.165) is 5.56 Å². The molecule has 0 amide bonds. The monoisotopic (exact) mass is 335 g/mol. The smallest absolute Gasteiger partial charge is 0.335 e. The van der Waals surface area contributed by atoms with Crippen LogP contribution in [-0.4, -0.2) is 25.9 Å². The summed E-state index contributed by atoms with van der Waals surface area (Å²) in [4.78, 5) is 10.3. The van der Waals surface area contributed by atoms with Crippen LogP contribution >= 0.6 is 15.9 Å². The van der Waals surface area contributed by atoms with Gasteiger partial charge in [0.25, 0.3) is 0 Å². The number of hydrogen-bond donors (Lipinski definition) is 1. The van der Waals surface area contributed by atoms with Crippen LogP contribution in [0.15, 0.2) is 29.2 Å². The minimum Gasteiger partial charge on any atom is -0.464 e. The minimum atomic E-state index is -3.74. The highest BCUT2D eigenvalue weighted by Crippen LogP contribution is 2.12. The second kappa shape index (κ2) is 6.31. The average Bonchev–Trinajstić information content (AvgIpc) is 2.29. The van der Waals surface area contributed by atoms with E-state index in [0.29, 0.717) is 0 Å². The zero-order valence-corrected chi connectivity index (χ0v) is 12.4. The molecule has 0 spiro atoms. The van der Waals surface area contributed by atoms with Crippen molar-refractivity contribution in [1.29, 1.82) is 0 Å². The number of carbonyl (C=O) groups is 1. The number of esters is 1. The van der Waals surface area contributed by atoms with Crippen LogP contribution in [0.2, 0.25) is 0 Å². The zero-order chi connectivity index (χ0) is 13.8. The first-order valence-electron chi connectivity index (χ1n) is 5.26. The van der Waals surface area contributed by atoms with Crippen molar-refractivity contribution >= 4 is 31.9 Å². The molecule has 1 atom stereocenters. The average molecular weight is 336 g/mol. The van der Waals surface area contributed by atoms with Gasteiger partial charge in [0.1, 0.15) is 0 Å². The molecule has 0 aliphatic carbocycles. The number of ether oxygens (including phenoxy) is 1. The second-order valence-electron chi connectivity index (χ2n) is 3.55. The molecule has 1 N–H and O–H groups in total. The van der Waals surface area contributed by atoms with Crippen LogP contribution in [0.25, 0.3) is 0 Å². The Morgan fingerprint density at radius 1 is 1.39 bits per heavy atom. The standard InChI is InChI=1S/C11H14BrNO4S/c1-3-17-11(14)10(12)13-18(15,16)9-6-4-8(2)5-7-9/h4-7,10,13H,3H2,1-2H3. The highest BCUT2D eigenvalue weighted by Gasteiger charge is 2.24. The normalized spacial score (nSPS) is 13.1. The van der Waals surface area contributed by atoms with Gasteiger partial charge in [0, 0.05) is 0 Å². The molecule has 0 fully saturated rings. The van der Waals surface area contributed by atoms with Crippen molar-refractivity contribution in [3.63, 3.8) is 0 Å². The van der Waals surface area contributed by atoms with E-state index in [9.17, 15) is 13.2 Å². The molecule has 0 aromatic heterocycles. The van der Waals surface area contributed by atoms with Gasteiger partial charge in [-0.2, -0.15) is 4.72 Å². The summed E-state index contributed by atoms with van der Waals surface area (Å²) >= 11 is 2.93. The highest BCUT2D eigenvalue weighted by molar-refractivity contribution is 9.10. The number of benzene rings is 1. The molecule has 0 saturated heterocycles. The van der Waals surface area contributed by atoms with Gasteiger partial charge in [-0.3, -0.25) is 0 Å². The fourth-order valence-electron chi connectivity index (χ4n) is 1.19. The first kappa shape index (κ1) is 15.1. The Labute approximate surface area is 115 Å². The molecule has 0 aliphatic rings. The summed E-state index contributed by atoms with van der Waals surface area (Å²) < 4.78 is 30.7. The fourth-order valence-corrected chi connectivity index (χ4v) is 3.05. The summed E-state index contributed by atoms with van der Waals surface area (Å²) in [5, 5.41) is 0. The van der Waals surface area contributed by atoms with E-state index in [2.05, 4.69) is 20.7 Å². The first-order valence-corrected chi connectivity index (χ1v) is 7.66. The van der Waals surface area contributed by atoms with Gasteiger partial charge in [0.05, 0.1) is 11.5 Å². The van der Waals surface area contributed by atoms with Crippen LogP contribution in [-0.2, 0) is 19.6 Å². The predicted molar refractivity (Wildman–Crippen MR) is 70.8 cm³/mol. The summed E-state index contributed by atoms with van der Waals surface area (Å²) in [7, 11) is -3.74. The predicted octanol–water partition coefficient (Wildman–Crippen LogP) is 1.56. The number of aryl methyl sites for hydroxylation is 1. The quantitative estimate of drug-likeness (QED) is 0.503. The Balaban J connectivity index is 2.82. The molecule has 0 radical (unpaired) electrons. The molecule has 0 aliphatic heterocycles. The molecule has 7 heteroatoms. The number of halogens is 1. The van der Waals surface area contributed by atoms with Crippen molar-refractivity contribution < 1.29 is 17.9 Å². The van der Waals surface area contributed by atoms with Gasteiger partial charge in [-0.15, -0.1) is 0 Å². The van der Waals surface area contributed by atoms with E-state index in [-0.39, 0.29) is 11.5 Å². The van der Waals surface area contributed by atoms with Crippen molar-refractivity contribution in [2.24, 2.45) is 0 Å². The van der Waals surface area contributed by atoms with Crippen LogP contribution in [0.3, 0.4) is 0 Å². The van der Waals surface area contributed by atoms with Crippen LogP contribution < -0.4 is 4.72 Å². The summed E-state index contributed by atoms with van der Waals surface area (Å²) in [5.74, 6) is -0.673. The van der Waals surface area contributed by atoms with Crippen molar-refractivity contribution in [2.45, 2.75) is 23.7 Å². The Morgan fingerprint density at radius 3 is 2.44 bits per heavy atom. The SMILES string of the molecule is CCOC(=O)C(Br)NS(=O)(=O)c1ccc(C)cc1. The second-order valence-corrected chi connectivity index (χ2v) is 6.18. The number of rotatable bonds is 5. The van der Waals surface area contributed by atoms with Gasteiger partial charge in [-0.05, 0) is 26.0 Å². The number of alkyl halides is 1. The molecule has 18 heavy (non-hydrogen) atoms. The first-order chi connectivity index (χ1) is 8.36. The van der Waals surface area contributed by atoms with Crippen molar-refractivity contribution in [1.82, 2.24) is 4.72 Å². The Hall–Kier alpha value is -0.920. The topological polar surface area (TPSA) is 72.5 Å². The maximum atomic E-state index is 11.9. The molecule has 1 unspecified atom stereocenters. The molecular weight excluding hydrogens is 322 g/mol. The minimum absolute atomic E-state index is 0.0989. The molecule has 0 saturated carbocycles.